The molecule has 7 nitrogen and oxygen atoms in total. The van der Waals surface area contributed by atoms with Crippen LogP contribution >= 0.6 is 15.9 Å². The Morgan fingerprint density at radius 3 is 2.57 bits per heavy atom. The van der Waals surface area contributed by atoms with Crippen LogP contribution in [0, 0.1) is 13.8 Å². The first-order valence-electron chi connectivity index (χ1n) is 10.00. The third kappa shape index (κ3) is 4.50. The Labute approximate surface area is 184 Å². The topological polar surface area (TPSA) is 72.5 Å². The summed E-state index contributed by atoms with van der Waals surface area (Å²) in [6, 6.07) is 11.7. The zero-order valence-corrected chi connectivity index (χ0v) is 18.7. The molecule has 0 radical (unpaired) electrons. The van der Waals surface area contributed by atoms with Gasteiger partial charge in [0.1, 0.15) is 11.5 Å². The van der Waals surface area contributed by atoms with Gasteiger partial charge >= 0.3 is 0 Å². The molecule has 4 rings (SSSR count). The normalized spacial score (nSPS) is 15.8. The fourth-order valence-electron chi connectivity index (χ4n) is 3.69. The summed E-state index contributed by atoms with van der Waals surface area (Å²) < 4.78 is 14.1. The summed E-state index contributed by atoms with van der Waals surface area (Å²) in [5.41, 5.74) is 2.27. The molecule has 1 N–H and O–H groups in total. The van der Waals surface area contributed by atoms with Gasteiger partial charge in [0, 0.05) is 24.1 Å². The number of amides is 1. The van der Waals surface area contributed by atoms with E-state index >= 15 is 0 Å². The average molecular weight is 473 g/mol. The van der Waals surface area contributed by atoms with E-state index in [4.69, 9.17) is 9.15 Å². The molecule has 1 aliphatic rings. The van der Waals surface area contributed by atoms with E-state index in [9.17, 15) is 4.79 Å². The van der Waals surface area contributed by atoms with Crippen molar-refractivity contribution in [3.05, 3.63) is 69.8 Å². The number of nitrogens with zero attached hydrogens (tertiary/aromatic N) is 3. The number of halogens is 1. The summed E-state index contributed by atoms with van der Waals surface area (Å²) >= 11 is 3.44. The fraction of sp³-hybridized carbons (Fsp3) is 0.364. The van der Waals surface area contributed by atoms with Gasteiger partial charge in [0.25, 0.3) is 5.91 Å². The number of furan rings is 1. The number of aryl methyl sites for hydroxylation is 1. The van der Waals surface area contributed by atoms with Crippen molar-refractivity contribution in [2.45, 2.75) is 19.9 Å². The summed E-state index contributed by atoms with van der Waals surface area (Å²) in [4.78, 5) is 15.2. The highest BCUT2D eigenvalue weighted by Crippen LogP contribution is 2.24. The summed E-state index contributed by atoms with van der Waals surface area (Å²) in [6.07, 6.45) is 1.62. The van der Waals surface area contributed by atoms with E-state index in [1.165, 1.54) is 0 Å². The maximum absolute atomic E-state index is 12.9. The second kappa shape index (κ2) is 9.16. The van der Waals surface area contributed by atoms with Gasteiger partial charge in [0.15, 0.2) is 0 Å². The van der Waals surface area contributed by atoms with Gasteiger partial charge < -0.3 is 14.5 Å². The zero-order valence-electron chi connectivity index (χ0n) is 17.1. The van der Waals surface area contributed by atoms with Gasteiger partial charge in [-0.15, -0.1) is 0 Å². The molecule has 1 aliphatic heterocycles. The van der Waals surface area contributed by atoms with Crippen molar-refractivity contribution in [3.8, 4) is 5.69 Å². The predicted molar refractivity (Wildman–Crippen MR) is 117 cm³/mol. The largest absolute Gasteiger partial charge is 0.465 e. The molecular weight excluding hydrogens is 448 g/mol. The second-order valence-electron chi connectivity index (χ2n) is 7.35. The third-order valence-corrected chi connectivity index (χ3v) is 5.89. The molecule has 0 spiro atoms. The summed E-state index contributed by atoms with van der Waals surface area (Å²) in [5.74, 6) is 1.58. The Bertz CT molecular complexity index is 1010. The summed E-state index contributed by atoms with van der Waals surface area (Å²) in [5, 5.41) is 7.49. The predicted octanol–water partition coefficient (Wildman–Crippen LogP) is 3.65. The smallest absolute Gasteiger partial charge is 0.254 e. The van der Waals surface area contributed by atoms with Crippen LogP contribution in [0.5, 0.6) is 0 Å². The Hall–Kier alpha value is -2.42. The van der Waals surface area contributed by atoms with Crippen LogP contribution in [0.3, 0.4) is 0 Å². The van der Waals surface area contributed by atoms with E-state index in [1.807, 2.05) is 50.2 Å². The number of carbonyl (C=O) groups excluding carboxylic acids is 1. The Morgan fingerprint density at radius 1 is 1.17 bits per heavy atom. The molecule has 0 aliphatic carbocycles. The molecule has 1 saturated heterocycles. The number of hydrogen-bond acceptors (Lipinski definition) is 5. The maximum atomic E-state index is 12.9. The van der Waals surface area contributed by atoms with Crippen LogP contribution < -0.4 is 5.32 Å². The average Bonchev–Trinajstić information content (AvgIpc) is 3.35. The van der Waals surface area contributed by atoms with Crippen molar-refractivity contribution in [2.75, 3.05) is 32.8 Å². The molecule has 8 heteroatoms. The number of rotatable bonds is 6. The Kier molecular flexibility index (Phi) is 6.36. The molecule has 1 fully saturated rings. The molecule has 1 atom stereocenters. The molecule has 30 heavy (non-hydrogen) atoms. The first kappa shape index (κ1) is 20.8. The molecule has 1 unspecified atom stereocenters. The number of hydrogen-bond donors (Lipinski definition) is 1. The van der Waals surface area contributed by atoms with Crippen LogP contribution in [0.15, 0.2) is 51.5 Å². The molecule has 2 aromatic heterocycles. The number of morpholine rings is 1. The highest BCUT2D eigenvalue weighted by atomic mass is 79.9. The lowest BCUT2D eigenvalue weighted by atomic mass is 10.1. The minimum atomic E-state index is -0.141. The van der Waals surface area contributed by atoms with Crippen molar-refractivity contribution >= 4 is 21.8 Å². The molecule has 0 saturated carbocycles. The molecule has 3 heterocycles. The van der Waals surface area contributed by atoms with E-state index in [2.05, 4.69) is 31.2 Å². The molecule has 158 valence electrons. The number of nitrogens with one attached hydrogen (secondary N) is 1. The van der Waals surface area contributed by atoms with Crippen molar-refractivity contribution < 1.29 is 13.9 Å². The second-order valence-corrected chi connectivity index (χ2v) is 8.27. The number of aromatic nitrogens is 2. The first-order valence-corrected chi connectivity index (χ1v) is 10.8. The highest BCUT2D eigenvalue weighted by Gasteiger charge is 2.26. The molecule has 0 bridgehead atoms. The van der Waals surface area contributed by atoms with Gasteiger partial charge in [0.05, 0.1) is 42.4 Å². The van der Waals surface area contributed by atoms with Gasteiger partial charge in [-0.3, -0.25) is 9.69 Å². The van der Waals surface area contributed by atoms with E-state index in [0.29, 0.717) is 25.3 Å². The zero-order chi connectivity index (χ0) is 21.1. The maximum Gasteiger partial charge on any atom is 0.254 e. The molecular formula is C22H25BrN4O3. The number of ether oxygens (including phenoxy) is 1. The molecule has 1 amide bonds. The van der Waals surface area contributed by atoms with Gasteiger partial charge in [0.2, 0.25) is 0 Å². The number of benzene rings is 1. The quantitative estimate of drug-likeness (QED) is 0.592. The number of carbonyl (C=O) groups is 1. The lowest BCUT2D eigenvalue weighted by molar-refractivity contribution is 0.0117. The first-order chi connectivity index (χ1) is 14.5. The van der Waals surface area contributed by atoms with Crippen molar-refractivity contribution in [3.63, 3.8) is 0 Å². The SMILES string of the molecule is Cc1ccc(C(CNC(=O)c2cnn(-c3ccc(Br)cc3)c2C)N2CCOCC2)o1. The third-order valence-electron chi connectivity index (χ3n) is 5.36. The summed E-state index contributed by atoms with van der Waals surface area (Å²) in [7, 11) is 0. The standard InChI is InChI=1S/C22H25BrN4O3/c1-15-3-8-21(30-15)20(26-9-11-29-12-10-26)14-24-22(28)19-13-25-27(16(19)2)18-6-4-17(23)5-7-18/h3-8,13,20H,9-12,14H2,1-2H3,(H,24,28). The van der Waals surface area contributed by atoms with E-state index in [-0.39, 0.29) is 11.9 Å². The lowest BCUT2D eigenvalue weighted by Gasteiger charge is -2.33. The van der Waals surface area contributed by atoms with Gasteiger partial charge in [-0.05, 0) is 50.2 Å². The minimum absolute atomic E-state index is 0.0339. The van der Waals surface area contributed by atoms with E-state index in [0.717, 1.165) is 40.5 Å². The summed E-state index contributed by atoms with van der Waals surface area (Å²) in [6.45, 7) is 7.26. The van der Waals surface area contributed by atoms with E-state index < -0.39 is 0 Å². The van der Waals surface area contributed by atoms with Crippen LogP contribution in [0.1, 0.15) is 33.6 Å². The van der Waals surface area contributed by atoms with Crippen molar-refractivity contribution in [1.29, 1.82) is 0 Å². The highest BCUT2D eigenvalue weighted by molar-refractivity contribution is 9.10. The van der Waals surface area contributed by atoms with E-state index in [1.54, 1.807) is 10.9 Å². The fourth-order valence-corrected chi connectivity index (χ4v) is 3.96. The molecule has 1 aromatic carbocycles. The van der Waals surface area contributed by atoms with Crippen LogP contribution in [-0.4, -0.2) is 53.4 Å². The van der Waals surface area contributed by atoms with Crippen LogP contribution in [0.25, 0.3) is 5.69 Å². The van der Waals surface area contributed by atoms with Crippen LogP contribution in [0.2, 0.25) is 0 Å². The lowest BCUT2D eigenvalue weighted by Crippen LogP contribution is -2.43. The monoisotopic (exact) mass is 472 g/mol. The van der Waals surface area contributed by atoms with Crippen molar-refractivity contribution in [1.82, 2.24) is 20.0 Å². The Balaban J connectivity index is 1.49. The Morgan fingerprint density at radius 2 is 1.90 bits per heavy atom. The minimum Gasteiger partial charge on any atom is -0.465 e. The van der Waals surface area contributed by atoms with Crippen LogP contribution in [-0.2, 0) is 4.74 Å². The van der Waals surface area contributed by atoms with Crippen LogP contribution in [0.4, 0.5) is 0 Å². The van der Waals surface area contributed by atoms with Crippen molar-refractivity contribution in [2.24, 2.45) is 0 Å². The van der Waals surface area contributed by atoms with Gasteiger partial charge in [-0.1, -0.05) is 15.9 Å². The molecule has 3 aromatic rings. The van der Waals surface area contributed by atoms with Gasteiger partial charge in [-0.2, -0.15) is 5.10 Å². The van der Waals surface area contributed by atoms with Gasteiger partial charge in [-0.25, -0.2) is 4.68 Å².